The molecule has 0 spiro atoms. The zero-order valence-corrected chi connectivity index (χ0v) is 13.7. The van der Waals surface area contributed by atoms with Crippen LogP contribution in [0.3, 0.4) is 0 Å². The number of hydrogen-bond donors (Lipinski definition) is 2. The maximum Gasteiger partial charge on any atom is 0.276 e. The number of benzene rings is 2. The Hall–Kier alpha value is -3.42. The van der Waals surface area contributed by atoms with Crippen molar-refractivity contribution in [3.63, 3.8) is 0 Å². The molecule has 0 saturated carbocycles. The summed E-state index contributed by atoms with van der Waals surface area (Å²) in [6, 6.07) is 10.7. The first kappa shape index (κ1) is 17.9. The van der Waals surface area contributed by atoms with Crippen LogP contribution >= 0.6 is 0 Å². The first-order valence-electron chi connectivity index (χ1n) is 7.40. The van der Waals surface area contributed by atoms with Gasteiger partial charge in [0.15, 0.2) is 6.61 Å². The monoisotopic (exact) mass is 343 g/mol. The van der Waals surface area contributed by atoms with Crippen LogP contribution in [0.5, 0.6) is 5.75 Å². The van der Waals surface area contributed by atoms with E-state index in [1.165, 1.54) is 24.3 Å². The Bertz CT molecular complexity index is 802. The van der Waals surface area contributed by atoms with Crippen LogP contribution < -0.4 is 15.6 Å². The van der Waals surface area contributed by atoms with E-state index >= 15 is 0 Å². The minimum atomic E-state index is -0.588. The topological polar surface area (TPSA) is 111 Å². The molecule has 0 unspecified atom stereocenters. The number of hydrazine groups is 1. The summed E-state index contributed by atoms with van der Waals surface area (Å²) in [7, 11) is 0. The third-order valence-corrected chi connectivity index (χ3v) is 3.36. The number of nitro groups is 1. The van der Waals surface area contributed by atoms with Crippen LogP contribution in [0.15, 0.2) is 42.5 Å². The van der Waals surface area contributed by atoms with E-state index in [0.717, 1.165) is 11.1 Å². The normalized spacial score (nSPS) is 10.0. The first-order valence-corrected chi connectivity index (χ1v) is 7.40. The summed E-state index contributed by atoms with van der Waals surface area (Å²) in [5, 5.41) is 10.6. The van der Waals surface area contributed by atoms with Crippen molar-refractivity contribution >= 4 is 17.5 Å². The zero-order chi connectivity index (χ0) is 18.4. The van der Waals surface area contributed by atoms with E-state index in [1.54, 1.807) is 0 Å². The van der Waals surface area contributed by atoms with Crippen molar-refractivity contribution in [1.29, 1.82) is 0 Å². The first-order chi connectivity index (χ1) is 11.9. The smallest absolute Gasteiger partial charge is 0.276 e. The summed E-state index contributed by atoms with van der Waals surface area (Å²) in [6.45, 7) is 3.52. The van der Waals surface area contributed by atoms with Gasteiger partial charge in [-0.1, -0.05) is 12.1 Å². The van der Waals surface area contributed by atoms with Crippen LogP contribution in [-0.4, -0.2) is 23.3 Å². The van der Waals surface area contributed by atoms with Gasteiger partial charge in [0, 0.05) is 17.7 Å². The number of carbonyl (C=O) groups is 2. The third-order valence-electron chi connectivity index (χ3n) is 3.36. The van der Waals surface area contributed by atoms with Crippen LogP contribution in [-0.2, 0) is 4.79 Å². The van der Waals surface area contributed by atoms with Crippen molar-refractivity contribution in [3.8, 4) is 5.75 Å². The number of hydrogen-bond acceptors (Lipinski definition) is 5. The van der Waals surface area contributed by atoms with E-state index in [9.17, 15) is 19.7 Å². The number of ether oxygens (including phenoxy) is 1. The van der Waals surface area contributed by atoms with Crippen molar-refractivity contribution in [2.24, 2.45) is 0 Å². The molecule has 2 amide bonds. The van der Waals surface area contributed by atoms with E-state index in [2.05, 4.69) is 10.9 Å². The van der Waals surface area contributed by atoms with Gasteiger partial charge in [0.2, 0.25) is 0 Å². The predicted octanol–water partition coefficient (Wildman–Crippen LogP) is 2.05. The van der Waals surface area contributed by atoms with Crippen LogP contribution in [0.1, 0.15) is 21.5 Å². The van der Waals surface area contributed by atoms with Crippen LogP contribution in [0.4, 0.5) is 5.69 Å². The zero-order valence-electron chi connectivity index (χ0n) is 13.7. The molecule has 0 aliphatic rings. The second kappa shape index (κ2) is 7.91. The fraction of sp³-hybridized carbons (Fsp3) is 0.176. The summed E-state index contributed by atoms with van der Waals surface area (Å²) in [4.78, 5) is 33.6. The number of rotatable bonds is 5. The highest BCUT2D eigenvalue weighted by atomic mass is 16.6. The fourth-order valence-corrected chi connectivity index (χ4v) is 1.98. The van der Waals surface area contributed by atoms with E-state index in [0.29, 0.717) is 5.75 Å². The van der Waals surface area contributed by atoms with E-state index < -0.39 is 16.7 Å². The SMILES string of the molecule is Cc1ccc(C)c(OCC(=O)NNC(=O)c2ccc([N+](=O)[O-])cc2)c1. The lowest BCUT2D eigenvalue weighted by Gasteiger charge is -2.11. The van der Waals surface area contributed by atoms with Gasteiger partial charge in [-0.05, 0) is 43.2 Å². The molecule has 25 heavy (non-hydrogen) atoms. The van der Waals surface area contributed by atoms with Gasteiger partial charge in [-0.2, -0.15) is 0 Å². The molecule has 0 heterocycles. The molecule has 0 aliphatic carbocycles. The molecule has 2 rings (SSSR count). The van der Waals surface area contributed by atoms with Gasteiger partial charge in [-0.15, -0.1) is 0 Å². The number of carbonyl (C=O) groups excluding carboxylic acids is 2. The number of nitrogens with one attached hydrogen (secondary N) is 2. The maximum absolute atomic E-state index is 11.9. The molecule has 0 bridgehead atoms. The molecule has 2 aromatic rings. The molecule has 0 radical (unpaired) electrons. The van der Waals surface area contributed by atoms with Crippen molar-refractivity contribution < 1.29 is 19.2 Å². The number of non-ortho nitro benzene ring substituents is 1. The Morgan fingerprint density at radius 2 is 1.76 bits per heavy atom. The second-order valence-corrected chi connectivity index (χ2v) is 5.36. The standard InChI is InChI=1S/C17H17N3O5/c1-11-3-4-12(2)15(9-11)25-10-16(21)18-19-17(22)13-5-7-14(8-6-13)20(23)24/h3-9H,10H2,1-2H3,(H,18,21)(H,19,22). The highest BCUT2D eigenvalue weighted by Gasteiger charge is 2.11. The number of aryl methyl sites for hydroxylation is 2. The van der Waals surface area contributed by atoms with Gasteiger partial charge in [-0.3, -0.25) is 30.6 Å². The lowest BCUT2D eigenvalue weighted by Crippen LogP contribution is -2.43. The number of nitro benzene ring substituents is 1. The maximum atomic E-state index is 11.9. The molecular weight excluding hydrogens is 326 g/mol. The van der Waals surface area contributed by atoms with Crippen LogP contribution in [0.2, 0.25) is 0 Å². The molecule has 0 aliphatic heterocycles. The Kier molecular flexibility index (Phi) is 5.67. The van der Waals surface area contributed by atoms with Gasteiger partial charge in [0.05, 0.1) is 4.92 Å². The Balaban J connectivity index is 1.84. The Morgan fingerprint density at radius 3 is 2.40 bits per heavy atom. The van der Waals surface area contributed by atoms with Crippen molar-refractivity contribution in [2.75, 3.05) is 6.61 Å². The minimum Gasteiger partial charge on any atom is -0.483 e. The van der Waals surface area contributed by atoms with Gasteiger partial charge >= 0.3 is 0 Å². The van der Waals surface area contributed by atoms with Gasteiger partial charge in [-0.25, -0.2) is 0 Å². The quantitative estimate of drug-likeness (QED) is 0.638. The lowest BCUT2D eigenvalue weighted by molar-refractivity contribution is -0.384. The third kappa shape index (κ3) is 5.03. The van der Waals surface area contributed by atoms with Gasteiger partial charge < -0.3 is 4.74 Å². The average Bonchev–Trinajstić information content (AvgIpc) is 2.60. The van der Waals surface area contributed by atoms with Crippen molar-refractivity contribution in [3.05, 3.63) is 69.3 Å². The summed E-state index contributed by atoms with van der Waals surface area (Å²) in [5.74, 6) is -0.525. The largest absolute Gasteiger partial charge is 0.483 e. The molecule has 0 fully saturated rings. The van der Waals surface area contributed by atoms with Gasteiger partial charge in [0.25, 0.3) is 17.5 Å². The van der Waals surface area contributed by atoms with Gasteiger partial charge in [0.1, 0.15) is 5.75 Å². The predicted molar refractivity (Wildman–Crippen MR) is 90.1 cm³/mol. The molecule has 0 aromatic heterocycles. The highest BCUT2D eigenvalue weighted by Crippen LogP contribution is 2.18. The van der Waals surface area contributed by atoms with E-state index in [4.69, 9.17) is 4.74 Å². The summed E-state index contributed by atoms with van der Waals surface area (Å²) >= 11 is 0. The molecule has 8 nitrogen and oxygen atoms in total. The summed E-state index contributed by atoms with van der Waals surface area (Å²) in [5.41, 5.74) is 6.41. The molecule has 2 N–H and O–H groups in total. The average molecular weight is 343 g/mol. The Labute approximate surface area is 143 Å². The van der Waals surface area contributed by atoms with Crippen molar-refractivity contribution in [2.45, 2.75) is 13.8 Å². The molecule has 130 valence electrons. The molecule has 0 saturated heterocycles. The highest BCUT2D eigenvalue weighted by molar-refractivity contribution is 5.95. The van der Waals surface area contributed by atoms with Crippen LogP contribution in [0, 0.1) is 24.0 Å². The van der Waals surface area contributed by atoms with E-state index in [1.807, 2.05) is 32.0 Å². The summed E-state index contributed by atoms with van der Waals surface area (Å²) in [6.07, 6.45) is 0. The van der Waals surface area contributed by atoms with E-state index in [-0.39, 0.29) is 17.9 Å². The molecule has 0 atom stereocenters. The fourth-order valence-electron chi connectivity index (χ4n) is 1.98. The molecule has 8 heteroatoms. The number of nitrogens with zero attached hydrogens (tertiary/aromatic N) is 1. The number of amides is 2. The lowest BCUT2D eigenvalue weighted by atomic mass is 10.1. The van der Waals surface area contributed by atoms with Crippen molar-refractivity contribution in [1.82, 2.24) is 10.9 Å². The summed E-state index contributed by atoms with van der Waals surface area (Å²) < 4.78 is 5.42. The molecule has 2 aromatic carbocycles. The second-order valence-electron chi connectivity index (χ2n) is 5.36. The Morgan fingerprint density at radius 1 is 1.08 bits per heavy atom. The van der Waals surface area contributed by atoms with Crippen LogP contribution in [0.25, 0.3) is 0 Å². The minimum absolute atomic E-state index is 0.123. The molecular formula is C17H17N3O5.